The van der Waals surface area contributed by atoms with E-state index in [9.17, 15) is 4.79 Å². The van der Waals surface area contributed by atoms with Crippen LogP contribution in [0, 0.1) is 0 Å². The molecule has 0 fully saturated rings. The summed E-state index contributed by atoms with van der Waals surface area (Å²) in [6.07, 6.45) is 2.78. The van der Waals surface area contributed by atoms with Crippen molar-refractivity contribution >= 4 is 16.7 Å². The van der Waals surface area contributed by atoms with Crippen molar-refractivity contribution in [3.05, 3.63) is 65.9 Å². The molecule has 3 aromatic rings. The minimum absolute atomic E-state index is 0.0894. The minimum atomic E-state index is -0.308. The molecule has 1 heterocycles. The van der Waals surface area contributed by atoms with Gasteiger partial charge in [-0.15, -0.1) is 0 Å². The Kier molecular flexibility index (Phi) is 3.57. The highest BCUT2D eigenvalue weighted by atomic mass is 16.1. The van der Waals surface area contributed by atoms with Gasteiger partial charge in [0.15, 0.2) is 5.78 Å². The molecule has 21 heavy (non-hydrogen) atoms. The molecule has 3 rings (SSSR count). The summed E-state index contributed by atoms with van der Waals surface area (Å²) in [6.45, 7) is 4.00. The highest BCUT2D eigenvalue weighted by Crippen LogP contribution is 2.20. The molecule has 3 nitrogen and oxygen atoms in total. The topological polar surface area (TPSA) is 34.9 Å². The first kappa shape index (κ1) is 13.6. The van der Waals surface area contributed by atoms with E-state index in [1.54, 1.807) is 10.9 Å². The number of carbonyl (C=O) groups excluding carboxylic acids is 1. The van der Waals surface area contributed by atoms with Crippen LogP contribution in [0.5, 0.6) is 0 Å². The number of benzene rings is 2. The van der Waals surface area contributed by atoms with Gasteiger partial charge < -0.3 is 0 Å². The van der Waals surface area contributed by atoms with Gasteiger partial charge in [-0.1, -0.05) is 49.4 Å². The summed E-state index contributed by atoms with van der Waals surface area (Å²) in [5.74, 6) is 0.0894. The van der Waals surface area contributed by atoms with Gasteiger partial charge in [0.1, 0.15) is 6.04 Å². The van der Waals surface area contributed by atoms with Crippen molar-refractivity contribution in [2.45, 2.75) is 26.3 Å². The van der Waals surface area contributed by atoms with Gasteiger partial charge in [0.05, 0.1) is 11.7 Å². The normalized spacial score (nSPS) is 12.5. The second kappa shape index (κ2) is 5.52. The number of aryl methyl sites for hydroxylation is 1. The number of nitrogens with zero attached hydrogens (tertiary/aromatic N) is 2. The SMILES string of the molecule is CCc1ccc(C(=O)C(C)n2ncc3ccccc32)cc1. The highest BCUT2D eigenvalue weighted by Gasteiger charge is 2.19. The summed E-state index contributed by atoms with van der Waals surface area (Å²) in [4.78, 5) is 12.6. The predicted octanol–water partition coefficient (Wildman–Crippen LogP) is 4.04. The fourth-order valence-electron chi connectivity index (χ4n) is 2.56. The third-order valence-corrected chi connectivity index (χ3v) is 3.90. The van der Waals surface area contributed by atoms with Gasteiger partial charge in [-0.05, 0) is 25.0 Å². The fourth-order valence-corrected chi connectivity index (χ4v) is 2.56. The lowest BCUT2D eigenvalue weighted by Crippen LogP contribution is -2.17. The first-order valence-corrected chi connectivity index (χ1v) is 7.26. The zero-order valence-electron chi connectivity index (χ0n) is 12.3. The molecule has 2 aromatic carbocycles. The summed E-state index contributed by atoms with van der Waals surface area (Å²) < 4.78 is 1.80. The van der Waals surface area contributed by atoms with Gasteiger partial charge in [0.25, 0.3) is 0 Å². The number of aromatic nitrogens is 2. The maximum atomic E-state index is 12.6. The number of hydrogen-bond donors (Lipinski definition) is 0. The van der Waals surface area contributed by atoms with Crippen molar-refractivity contribution in [3.63, 3.8) is 0 Å². The monoisotopic (exact) mass is 278 g/mol. The molecule has 0 amide bonds. The molecule has 1 unspecified atom stereocenters. The van der Waals surface area contributed by atoms with E-state index in [4.69, 9.17) is 0 Å². The molecule has 1 atom stereocenters. The number of Topliss-reactive ketones (excluding diaryl/α,β-unsaturated/α-hetero) is 1. The molecule has 3 heteroatoms. The molecule has 0 aliphatic rings. The fraction of sp³-hybridized carbons (Fsp3) is 0.222. The lowest BCUT2D eigenvalue weighted by atomic mass is 10.0. The summed E-state index contributed by atoms with van der Waals surface area (Å²) in [5.41, 5.74) is 2.96. The Labute approximate surface area is 124 Å². The van der Waals surface area contributed by atoms with Gasteiger partial charge in [0.2, 0.25) is 0 Å². The van der Waals surface area contributed by atoms with E-state index in [1.807, 2.05) is 55.5 Å². The number of carbonyl (C=O) groups is 1. The van der Waals surface area contributed by atoms with Crippen LogP contribution in [0.4, 0.5) is 0 Å². The van der Waals surface area contributed by atoms with Crippen LogP contribution < -0.4 is 0 Å². The van der Waals surface area contributed by atoms with Crippen LogP contribution in [-0.4, -0.2) is 15.6 Å². The predicted molar refractivity (Wildman–Crippen MR) is 84.6 cm³/mol. The van der Waals surface area contributed by atoms with Crippen molar-refractivity contribution in [2.24, 2.45) is 0 Å². The van der Waals surface area contributed by atoms with Crippen LogP contribution in [0.15, 0.2) is 54.7 Å². The third kappa shape index (κ3) is 2.47. The largest absolute Gasteiger partial charge is 0.292 e. The number of rotatable bonds is 4. The molecule has 0 aliphatic heterocycles. The summed E-state index contributed by atoms with van der Waals surface area (Å²) >= 11 is 0. The Morgan fingerprint density at radius 2 is 1.86 bits per heavy atom. The lowest BCUT2D eigenvalue weighted by molar-refractivity contribution is 0.0930. The Morgan fingerprint density at radius 3 is 2.57 bits per heavy atom. The van der Waals surface area contributed by atoms with Crippen LogP contribution in [0.2, 0.25) is 0 Å². The van der Waals surface area contributed by atoms with Crippen LogP contribution in [0.3, 0.4) is 0 Å². The average molecular weight is 278 g/mol. The number of hydrogen-bond acceptors (Lipinski definition) is 2. The molecule has 1 aromatic heterocycles. The van der Waals surface area contributed by atoms with Crippen molar-refractivity contribution in [1.82, 2.24) is 9.78 Å². The maximum Gasteiger partial charge on any atom is 0.187 e. The third-order valence-electron chi connectivity index (χ3n) is 3.90. The summed E-state index contributed by atoms with van der Waals surface area (Å²) in [7, 11) is 0. The van der Waals surface area contributed by atoms with Crippen molar-refractivity contribution < 1.29 is 4.79 Å². The van der Waals surface area contributed by atoms with Crippen LogP contribution in [0.1, 0.15) is 35.8 Å². The van der Waals surface area contributed by atoms with E-state index in [0.717, 1.165) is 22.9 Å². The first-order chi connectivity index (χ1) is 10.2. The zero-order chi connectivity index (χ0) is 14.8. The average Bonchev–Trinajstić information content (AvgIpc) is 2.97. The Morgan fingerprint density at radius 1 is 1.14 bits per heavy atom. The molecule has 0 saturated carbocycles. The van der Waals surface area contributed by atoms with Gasteiger partial charge >= 0.3 is 0 Å². The smallest absolute Gasteiger partial charge is 0.187 e. The zero-order valence-corrected chi connectivity index (χ0v) is 12.3. The van der Waals surface area contributed by atoms with Crippen LogP contribution in [-0.2, 0) is 6.42 Å². The molecule has 0 saturated heterocycles. The van der Waals surface area contributed by atoms with Gasteiger partial charge in [0, 0.05) is 10.9 Å². The lowest BCUT2D eigenvalue weighted by Gasteiger charge is -2.13. The molecule has 106 valence electrons. The second-order valence-corrected chi connectivity index (χ2v) is 5.24. The number of fused-ring (bicyclic) bond motifs is 1. The van der Waals surface area contributed by atoms with Crippen molar-refractivity contribution in [1.29, 1.82) is 0 Å². The maximum absolute atomic E-state index is 12.6. The van der Waals surface area contributed by atoms with Gasteiger partial charge in [-0.25, -0.2) is 0 Å². The van der Waals surface area contributed by atoms with Crippen molar-refractivity contribution in [3.8, 4) is 0 Å². The Hall–Kier alpha value is -2.42. The van der Waals surface area contributed by atoms with Gasteiger partial charge in [-0.2, -0.15) is 5.10 Å². The number of ketones is 1. The molecular weight excluding hydrogens is 260 g/mol. The van der Waals surface area contributed by atoms with Crippen LogP contribution >= 0.6 is 0 Å². The van der Waals surface area contributed by atoms with E-state index in [0.29, 0.717) is 0 Å². The molecular formula is C18H18N2O. The summed E-state index contributed by atoms with van der Waals surface area (Å²) in [5, 5.41) is 5.43. The van der Waals surface area contributed by atoms with Gasteiger partial charge in [-0.3, -0.25) is 9.48 Å². The van der Waals surface area contributed by atoms with E-state index in [1.165, 1.54) is 5.56 Å². The Bertz CT molecular complexity index is 771. The molecule has 0 N–H and O–H groups in total. The molecule has 0 spiro atoms. The Balaban J connectivity index is 1.93. The molecule has 0 bridgehead atoms. The van der Waals surface area contributed by atoms with Crippen LogP contribution in [0.25, 0.3) is 10.9 Å². The highest BCUT2D eigenvalue weighted by molar-refractivity contribution is 5.99. The molecule has 0 radical (unpaired) electrons. The standard InChI is InChI=1S/C18H18N2O/c1-3-14-8-10-15(11-9-14)18(21)13(2)20-17-7-5-4-6-16(17)12-19-20/h4-13H,3H2,1-2H3. The molecule has 0 aliphatic carbocycles. The number of para-hydroxylation sites is 1. The van der Waals surface area contributed by atoms with E-state index in [2.05, 4.69) is 12.0 Å². The quantitative estimate of drug-likeness (QED) is 0.675. The van der Waals surface area contributed by atoms with Crippen molar-refractivity contribution in [2.75, 3.05) is 0 Å². The van der Waals surface area contributed by atoms with E-state index >= 15 is 0 Å². The second-order valence-electron chi connectivity index (χ2n) is 5.24. The van der Waals surface area contributed by atoms with E-state index < -0.39 is 0 Å². The first-order valence-electron chi connectivity index (χ1n) is 7.26. The summed E-state index contributed by atoms with van der Waals surface area (Å²) in [6, 6.07) is 15.5. The minimum Gasteiger partial charge on any atom is -0.292 e. The van der Waals surface area contributed by atoms with E-state index in [-0.39, 0.29) is 11.8 Å².